The van der Waals surface area contributed by atoms with Crippen molar-refractivity contribution in [2.24, 2.45) is 0 Å². The molecule has 2 rings (SSSR count). The van der Waals surface area contributed by atoms with Gasteiger partial charge in [0.1, 0.15) is 5.82 Å². The number of nitrogens with one attached hydrogen (secondary N) is 1. The molecule has 0 amide bonds. The van der Waals surface area contributed by atoms with Crippen molar-refractivity contribution in [3.63, 3.8) is 0 Å². The van der Waals surface area contributed by atoms with Gasteiger partial charge in [-0.05, 0) is 6.92 Å². The standard InChI is InChI=1S/C11H13N3O3.C2H6/c1-5-8-6(13-11(15)14-10(8)12)4-7(16-2)9(5)17-3;1-2/h4H,1-3H3,(H3,12,13,14,15);1-2H3. The van der Waals surface area contributed by atoms with Crippen LogP contribution in [0.5, 0.6) is 11.5 Å². The zero-order chi connectivity index (χ0) is 14.6. The number of fused-ring (bicyclic) bond motifs is 1. The third-order valence-electron chi connectivity index (χ3n) is 2.63. The maximum atomic E-state index is 11.3. The van der Waals surface area contributed by atoms with Gasteiger partial charge in [0.2, 0.25) is 0 Å². The van der Waals surface area contributed by atoms with Crippen molar-refractivity contribution in [3.05, 3.63) is 22.1 Å². The van der Waals surface area contributed by atoms with E-state index in [0.29, 0.717) is 22.4 Å². The molecule has 3 N–H and O–H groups in total. The van der Waals surface area contributed by atoms with Crippen LogP contribution in [0.25, 0.3) is 10.9 Å². The molecule has 104 valence electrons. The summed E-state index contributed by atoms with van der Waals surface area (Å²) in [6, 6.07) is 1.67. The highest BCUT2D eigenvalue weighted by atomic mass is 16.5. The lowest BCUT2D eigenvalue weighted by Crippen LogP contribution is -2.13. The molecule has 1 aromatic heterocycles. The lowest BCUT2D eigenvalue weighted by molar-refractivity contribution is 0.354. The Balaban J connectivity index is 0.000000861. The van der Waals surface area contributed by atoms with Gasteiger partial charge in [0.05, 0.1) is 19.7 Å². The first-order valence-corrected chi connectivity index (χ1v) is 5.99. The van der Waals surface area contributed by atoms with Crippen molar-refractivity contribution in [1.82, 2.24) is 9.97 Å². The van der Waals surface area contributed by atoms with Gasteiger partial charge in [-0.15, -0.1) is 0 Å². The second-order valence-electron chi connectivity index (χ2n) is 3.59. The first-order chi connectivity index (χ1) is 9.08. The number of nitrogens with zero attached hydrogens (tertiary/aromatic N) is 1. The number of methoxy groups -OCH3 is 2. The van der Waals surface area contributed by atoms with E-state index >= 15 is 0 Å². The number of aromatic nitrogens is 2. The van der Waals surface area contributed by atoms with Crippen LogP contribution in [0.4, 0.5) is 5.82 Å². The van der Waals surface area contributed by atoms with E-state index in [-0.39, 0.29) is 5.82 Å². The van der Waals surface area contributed by atoms with Crippen LogP contribution in [0.15, 0.2) is 10.9 Å². The highest BCUT2D eigenvalue weighted by Gasteiger charge is 2.14. The van der Waals surface area contributed by atoms with Crippen molar-refractivity contribution in [2.45, 2.75) is 20.8 Å². The number of aromatic amines is 1. The van der Waals surface area contributed by atoms with Gasteiger partial charge in [-0.2, -0.15) is 4.98 Å². The summed E-state index contributed by atoms with van der Waals surface area (Å²) in [7, 11) is 3.08. The molecule has 0 aliphatic carbocycles. The summed E-state index contributed by atoms with van der Waals surface area (Å²) >= 11 is 0. The number of nitrogens with two attached hydrogens (primary N) is 1. The molecule has 0 spiro atoms. The van der Waals surface area contributed by atoms with E-state index < -0.39 is 5.69 Å². The molecule has 0 bridgehead atoms. The Morgan fingerprint density at radius 1 is 1.26 bits per heavy atom. The van der Waals surface area contributed by atoms with Crippen molar-refractivity contribution < 1.29 is 9.47 Å². The molecule has 6 nitrogen and oxygen atoms in total. The summed E-state index contributed by atoms with van der Waals surface area (Å²) < 4.78 is 10.5. The molecule has 1 aromatic carbocycles. The lowest BCUT2D eigenvalue weighted by atomic mass is 10.1. The second-order valence-corrected chi connectivity index (χ2v) is 3.59. The third-order valence-corrected chi connectivity index (χ3v) is 2.63. The minimum Gasteiger partial charge on any atom is -0.493 e. The van der Waals surface area contributed by atoms with Crippen LogP contribution in [0, 0.1) is 6.92 Å². The molecule has 0 fully saturated rings. The fraction of sp³-hybridized carbons (Fsp3) is 0.385. The maximum absolute atomic E-state index is 11.3. The van der Waals surface area contributed by atoms with Crippen molar-refractivity contribution in [1.29, 1.82) is 0 Å². The topological polar surface area (TPSA) is 90.2 Å². The number of H-pyrrole nitrogens is 1. The van der Waals surface area contributed by atoms with Gasteiger partial charge < -0.3 is 20.2 Å². The largest absolute Gasteiger partial charge is 0.493 e. The number of benzene rings is 1. The molecular formula is C13H19N3O3. The monoisotopic (exact) mass is 265 g/mol. The quantitative estimate of drug-likeness (QED) is 0.864. The Labute approximate surface area is 111 Å². The van der Waals surface area contributed by atoms with Crippen molar-refractivity contribution in [2.75, 3.05) is 20.0 Å². The third kappa shape index (κ3) is 2.62. The Morgan fingerprint density at radius 3 is 2.42 bits per heavy atom. The fourth-order valence-electron chi connectivity index (χ4n) is 1.91. The van der Waals surface area contributed by atoms with Crippen LogP contribution in [0.3, 0.4) is 0 Å². The van der Waals surface area contributed by atoms with Crippen LogP contribution in [-0.2, 0) is 0 Å². The van der Waals surface area contributed by atoms with E-state index in [1.54, 1.807) is 13.2 Å². The summed E-state index contributed by atoms with van der Waals surface area (Å²) in [5.74, 6) is 1.31. The first kappa shape index (κ1) is 14.8. The van der Waals surface area contributed by atoms with E-state index in [2.05, 4.69) is 9.97 Å². The minimum atomic E-state index is -0.485. The minimum absolute atomic E-state index is 0.183. The number of aryl methyl sites for hydroxylation is 1. The van der Waals surface area contributed by atoms with Crippen LogP contribution >= 0.6 is 0 Å². The normalized spacial score (nSPS) is 9.74. The molecule has 0 radical (unpaired) electrons. The van der Waals surface area contributed by atoms with E-state index in [9.17, 15) is 4.79 Å². The molecule has 0 aliphatic rings. The van der Waals surface area contributed by atoms with Gasteiger partial charge >= 0.3 is 5.69 Å². The summed E-state index contributed by atoms with van der Waals surface area (Å²) in [5.41, 5.74) is 6.62. The summed E-state index contributed by atoms with van der Waals surface area (Å²) in [4.78, 5) is 17.5. The molecule has 19 heavy (non-hydrogen) atoms. The van der Waals surface area contributed by atoms with Gasteiger partial charge in [0, 0.05) is 17.0 Å². The van der Waals surface area contributed by atoms with Gasteiger partial charge in [0.25, 0.3) is 0 Å². The highest BCUT2D eigenvalue weighted by molar-refractivity contribution is 5.94. The molecule has 2 aromatic rings. The van der Waals surface area contributed by atoms with Crippen LogP contribution < -0.4 is 20.9 Å². The van der Waals surface area contributed by atoms with Crippen molar-refractivity contribution >= 4 is 16.7 Å². The van der Waals surface area contributed by atoms with E-state index in [1.165, 1.54) is 7.11 Å². The smallest absolute Gasteiger partial charge is 0.347 e. The molecule has 0 saturated heterocycles. The Bertz CT molecular complexity index is 635. The van der Waals surface area contributed by atoms with Crippen LogP contribution in [0.1, 0.15) is 19.4 Å². The Hall–Kier alpha value is -2.24. The van der Waals surface area contributed by atoms with Gasteiger partial charge in [-0.1, -0.05) is 13.8 Å². The van der Waals surface area contributed by atoms with E-state index in [4.69, 9.17) is 15.2 Å². The predicted octanol–water partition coefficient (Wildman–Crippen LogP) is 1.86. The van der Waals surface area contributed by atoms with Crippen molar-refractivity contribution in [3.8, 4) is 11.5 Å². The Kier molecular flexibility index (Phi) is 4.74. The predicted molar refractivity (Wildman–Crippen MR) is 76.0 cm³/mol. The molecule has 0 saturated carbocycles. The number of ether oxygens (including phenoxy) is 2. The molecule has 0 unspecified atom stereocenters. The van der Waals surface area contributed by atoms with Crippen LogP contribution in [0.2, 0.25) is 0 Å². The zero-order valence-electron chi connectivity index (χ0n) is 11.8. The maximum Gasteiger partial charge on any atom is 0.347 e. The first-order valence-electron chi connectivity index (χ1n) is 5.99. The van der Waals surface area contributed by atoms with Gasteiger partial charge in [0.15, 0.2) is 11.5 Å². The molecular weight excluding hydrogens is 246 g/mol. The Morgan fingerprint density at radius 2 is 1.89 bits per heavy atom. The molecule has 1 heterocycles. The molecule has 0 aliphatic heterocycles. The number of anilines is 1. The average Bonchev–Trinajstić information content (AvgIpc) is 2.39. The average molecular weight is 265 g/mol. The zero-order valence-corrected chi connectivity index (χ0v) is 11.8. The van der Waals surface area contributed by atoms with Gasteiger partial charge in [-0.25, -0.2) is 4.79 Å². The SMILES string of the molecule is CC.COc1cc2[nH]c(=O)nc(N)c2c(C)c1OC. The molecule has 0 atom stereocenters. The molecule has 6 heteroatoms. The fourth-order valence-corrected chi connectivity index (χ4v) is 1.91. The van der Waals surface area contributed by atoms with Gasteiger partial charge in [-0.3, -0.25) is 0 Å². The summed E-state index contributed by atoms with van der Waals surface area (Å²) in [5, 5.41) is 0.669. The second kappa shape index (κ2) is 6.08. The number of rotatable bonds is 2. The van der Waals surface area contributed by atoms with E-state index in [0.717, 1.165) is 5.56 Å². The summed E-state index contributed by atoms with van der Waals surface area (Å²) in [6.45, 7) is 5.83. The number of hydrogen-bond donors (Lipinski definition) is 2. The van der Waals surface area contributed by atoms with Crippen LogP contribution in [-0.4, -0.2) is 24.2 Å². The van der Waals surface area contributed by atoms with E-state index in [1.807, 2.05) is 20.8 Å². The summed E-state index contributed by atoms with van der Waals surface area (Å²) in [6.07, 6.45) is 0. The lowest BCUT2D eigenvalue weighted by Gasteiger charge is -2.13. The number of hydrogen-bond acceptors (Lipinski definition) is 5. The number of nitrogen functional groups attached to an aromatic ring is 1. The highest BCUT2D eigenvalue weighted by Crippen LogP contribution is 2.37.